The zero-order valence-electron chi connectivity index (χ0n) is 14.6. The number of piperidine rings is 1. The molecule has 0 bridgehead atoms. The fourth-order valence-corrected chi connectivity index (χ4v) is 4.33. The molecule has 3 heterocycles. The van der Waals surface area contributed by atoms with Crippen LogP contribution in [0.3, 0.4) is 0 Å². The minimum absolute atomic E-state index is 0.0535. The molecule has 2 aliphatic heterocycles. The van der Waals surface area contributed by atoms with E-state index in [2.05, 4.69) is 4.98 Å². The molecule has 2 fully saturated rings. The van der Waals surface area contributed by atoms with Gasteiger partial charge in [0.15, 0.2) is 0 Å². The van der Waals surface area contributed by atoms with E-state index in [1.54, 1.807) is 13.3 Å². The average molecular weight is 340 g/mol. The van der Waals surface area contributed by atoms with Gasteiger partial charge in [0.1, 0.15) is 0 Å². The summed E-state index contributed by atoms with van der Waals surface area (Å²) in [5.74, 6) is 0.0535. The highest BCUT2D eigenvalue weighted by Crippen LogP contribution is 2.40. The van der Waals surface area contributed by atoms with Crippen molar-refractivity contribution in [2.24, 2.45) is 5.41 Å². The second kappa shape index (κ2) is 6.73. The molecule has 2 aromatic rings. The van der Waals surface area contributed by atoms with Gasteiger partial charge in [0.05, 0.1) is 23.8 Å². The Morgan fingerprint density at radius 3 is 3.20 bits per heavy atom. The molecule has 5 nitrogen and oxygen atoms in total. The highest BCUT2D eigenvalue weighted by atomic mass is 16.5. The van der Waals surface area contributed by atoms with Gasteiger partial charge in [-0.15, -0.1) is 0 Å². The van der Waals surface area contributed by atoms with Crippen LogP contribution in [-0.4, -0.2) is 55.3 Å². The van der Waals surface area contributed by atoms with Gasteiger partial charge >= 0.3 is 0 Å². The molecule has 2 saturated heterocycles. The molecule has 0 N–H and O–H groups in total. The number of likely N-dealkylation sites (tertiary alicyclic amines) is 1. The van der Waals surface area contributed by atoms with Crippen molar-refractivity contribution in [3.8, 4) is 0 Å². The Morgan fingerprint density at radius 1 is 1.44 bits per heavy atom. The van der Waals surface area contributed by atoms with Crippen molar-refractivity contribution < 1.29 is 14.3 Å². The first-order valence-electron chi connectivity index (χ1n) is 8.96. The number of carbonyl (C=O) groups excluding carboxylic acids is 1. The topological polar surface area (TPSA) is 51.7 Å². The first-order valence-corrected chi connectivity index (χ1v) is 8.96. The van der Waals surface area contributed by atoms with Crippen LogP contribution >= 0.6 is 0 Å². The molecule has 0 radical (unpaired) electrons. The lowest BCUT2D eigenvalue weighted by Gasteiger charge is -2.50. The zero-order valence-corrected chi connectivity index (χ0v) is 14.6. The number of benzene rings is 1. The molecule has 1 aromatic heterocycles. The van der Waals surface area contributed by atoms with E-state index < -0.39 is 0 Å². The SMILES string of the molecule is COC[C@@]12CCCO[C@@H]1CCN(C(=O)c1cnc3ccccc3c1)C2. The van der Waals surface area contributed by atoms with Crippen molar-refractivity contribution in [2.45, 2.75) is 25.4 Å². The van der Waals surface area contributed by atoms with Gasteiger partial charge in [-0.05, 0) is 31.4 Å². The van der Waals surface area contributed by atoms with E-state index in [1.807, 2.05) is 35.2 Å². The molecule has 132 valence electrons. The molecule has 0 unspecified atom stereocenters. The van der Waals surface area contributed by atoms with Gasteiger partial charge in [0, 0.05) is 43.8 Å². The maximum absolute atomic E-state index is 13.1. The van der Waals surface area contributed by atoms with E-state index in [4.69, 9.17) is 9.47 Å². The summed E-state index contributed by atoms with van der Waals surface area (Å²) in [6.45, 7) is 2.87. The fraction of sp³-hybridized carbons (Fsp3) is 0.500. The molecule has 0 aliphatic carbocycles. The maximum Gasteiger partial charge on any atom is 0.255 e. The van der Waals surface area contributed by atoms with Crippen LogP contribution in [0.15, 0.2) is 36.5 Å². The van der Waals surface area contributed by atoms with Gasteiger partial charge in [-0.2, -0.15) is 0 Å². The number of rotatable bonds is 3. The normalized spacial score (nSPS) is 26.4. The zero-order chi connectivity index (χ0) is 17.3. The summed E-state index contributed by atoms with van der Waals surface area (Å²) >= 11 is 0. The van der Waals surface area contributed by atoms with Gasteiger partial charge in [-0.3, -0.25) is 9.78 Å². The number of para-hydroxylation sites is 1. The molecule has 25 heavy (non-hydrogen) atoms. The lowest BCUT2D eigenvalue weighted by Crippen LogP contribution is -2.58. The third-order valence-electron chi connectivity index (χ3n) is 5.54. The molecular formula is C20H24N2O3. The smallest absolute Gasteiger partial charge is 0.255 e. The molecule has 1 amide bonds. The molecule has 2 atom stereocenters. The molecule has 5 heteroatoms. The molecule has 4 rings (SSSR count). The molecule has 0 spiro atoms. The molecule has 0 saturated carbocycles. The quantitative estimate of drug-likeness (QED) is 0.862. The van der Waals surface area contributed by atoms with Crippen LogP contribution in [0.2, 0.25) is 0 Å². The Hall–Kier alpha value is -1.98. The second-order valence-corrected chi connectivity index (χ2v) is 7.19. The highest BCUT2D eigenvalue weighted by molar-refractivity contribution is 5.97. The van der Waals surface area contributed by atoms with Crippen molar-refractivity contribution in [3.05, 3.63) is 42.1 Å². The molecule has 2 aliphatic rings. The maximum atomic E-state index is 13.1. The number of methoxy groups -OCH3 is 1. The summed E-state index contributed by atoms with van der Waals surface area (Å²) in [4.78, 5) is 19.5. The van der Waals surface area contributed by atoms with E-state index in [-0.39, 0.29) is 17.4 Å². The molecule has 1 aromatic carbocycles. The van der Waals surface area contributed by atoms with Crippen molar-refractivity contribution in [1.82, 2.24) is 9.88 Å². The van der Waals surface area contributed by atoms with Crippen LogP contribution in [0.25, 0.3) is 10.9 Å². The minimum atomic E-state index is -0.0782. The Kier molecular flexibility index (Phi) is 4.44. The number of hydrogen-bond donors (Lipinski definition) is 0. The number of fused-ring (bicyclic) bond motifs is 2. The number of hydrogen-bond acceptors (Lipinski definition) is 4. The predicted octanol–water partition coefficient (Wildman–Crippen LogP) is 2.89. The van der Waals surface area contributed by atoms with E-state index in [0.29, 0.717) is 18.7 Å². The third-order valence-corrected chi connectivity index (χ3v) is 5.54. The lowest BCUT2D eigenvalue weighted by molar-refractivity contribution is -0.142. The Balaban J connectivity index is 1.58. The second-order valence-electron chi connectivity index (χ2n) is 7.19. The van der Waals surface area contributed by atoms with Crippen molar-refractivity contribution in [1.29, 1.82) is 0 Å². The van der Waals surface area contributed by atoms with Gasteiger partial charge in [0.2, 0.25) is 0 Å². The highest BCUT2D eigenvalue weighted by Gasteiger charge is 2.47. The van der Waals surface area contributed by atoms with Crippen molar-refractivity contribution in [3.63, 3.8) is 0 Å². The van der Waals surface area contributed by atoms with Crippen LogP contribution in [0.4, 0.5) is 0 Å². The minimum Gasteiger partial charge on any atom is -0.384 e. The summed E-state index contributed by atoms with van der Waals surface area (Å²) in [6, 6.07) is 9.82. The predicted molar refractivity (Wildman–Crippen MR) is 95.5 cm³/mol. The summed E-state index contributed by atoms with van der Waals surface area (Å²) in [7, 11) is 1.73. The third kappa shape index (κ3) is 3.02. The van der Waals surface area contributed by atoms with Gasteiger partial charge < -0.3 is 14.4 Å². The average Bonchev–Trinajstić information content (AvgIpc) is 2.66. The van der Waals surface area contributed by atoms with Crippen LogP contribution < -0.4 is 0 Å². The summed E-state index contributed by atoms with van der Waals surface area (Å²) in [6.07, 6.45) is 4.83. The number of nitrogens with zero attached hydrogens (tertiary/aromatic N) is 2. The van der Waals surface area contributed by atoms with E-state index >= 15 is 0 Å². The van der Waals surface area contributed by atoms with Crippen molar-refractivity contribution >= 4 is 16.8 Å². The number of amides is 1. The number of carbonyl (C=O) groups is 1. The summed E-state index contributed by atoms with van der Waals surface area (Å²) < 4.78 is 11.5. The first kappa shape index (κ1) is 16.5. The van der Waals surface area contributed by atoms with Crippen LogP contribution in [-0.2, 0) is 9.47 Å². The Labute approximate surface area is 147 Å². The molecular weight excluding hydrogens is 316 g/mol. The lowest BCUT2D eigenvalue weighted by atomic mass is 9.73. The number of pyridine rings is 1. The van der Waals surface area contributed by atoms with Crippen molar-refractivity contribution in [2.75, 3.05) is 33.4 Å². The van der Waals surface area contributed by atoms with Crippen LogP contribution in [0.5, 0.6) is 0 Å². The van der Waals surface area contributed by atoms with Crippen LogP contribution in [0.1, 0.15) is 29.6 Å². The number of aromatic nitrogens is 1. The van der Waals surface area contributed by atoms with Crippen LogP contribution in [0, 0.1) is 5.41 Å². The monoisotopic (exact) mass is 340 g/mol. The van der Waals surface area contributed by atoms with Gasteiger partial charge in [0.25, 0.3) is 5.91 Å². The van der Waals surface area contributed by atoms with Gasteiger partial charge in [-0.25, -0.2) is 0 Å². The fourth-order valence-electron chi connectivity index (χ4n) is 4.33. The van der Waals surface area contributed by atoms with E-state index in [0.717, 1.165) is 43.3 Å². The largest absolute Gasteiger partial charge is 0.384 e. The summed E-state index contributed by atoms with van der Waals surface area (Å²) in [5.41, 5.74) is 1.49. The van der Waals surface area contributed by atoms with E-state index in [1.165, 1.54) is 0 Å². The van der Waals surface area contributed by atoms with E-state index in [9.17, 15) is 4.79 Å². The standard InChI is InChI=1S/C20H24N2O3/c1-24-14-20-8-4-10-25-18(20)7-9-22(13-20)19(23)16-11-15-5-2-3-6-17(15)21-12-16/h2-3,5-6,11-12,18H,4,7-10,13-14H2,1H3/t18-,20+/m1/s1. The number of ether oxygens (including phenoxy) is 2. The summed E-state index contributed by atoms with van der Waals surface area (Å²) in [5, 5.41) is 0.996. The Morgan fingerprint density at radius 2 is 2.32 bits per heavy atom. The first-order chi connectivity index (χ1) is 12.2. The Bertz CT molecular complexity index is 774. The van der Waals surface area contributed by atoms with Gasteiger partial charge in [-0.1, -0.05) is 18.2 Å².